The second kappa shape index (κ2) is 5.63. The first-order valence-electron chi connectivity index (χ1n) is 6.53. The Morgan fingerprint density at radius 3 is 2.35 bits per heavy atom. The van der Waals surface area contributed by atoms with Crippen LogP contribution in [0.15, 0.2) is 30.3 Å². The molecule has 1 N–H and O–H groups in total. The fourth-order valence-electron chi connectivity index (χ4n) is 2.50. The Hall–Kier alpha value is -1.87. The molecule has 3 heteroatoms. The van der Waals surface area contributed by atoms with E-state index in [4.69, 9.17) is 4.74 Å². The van der Waals surface area contributed by atoms with E-state index in [1.807, 2.05) is 32.0 Å². The lowest BCUT2D eigenvalue weighted by Gasteiger charge is -2.19. The molecule has 0 heterocycles. The number of rotatable bonds is 3. The van der Waals surface area contributed by atoms with Gasteiger partial charge in [-0.2, -0.15) is 0 Å². The van der Waals surface area contributed by atoms with Gasteiger partial charge >= 0.3 is 0 Å². The SMILES string of the molecule is COc1ccc(C)cc1C(O)c1c(C)cc(C)cc1F. The van der Waals surface area contributed by atoms with Gasteiger partial charge in [-0.25, -0.2) is 4.39 Å². The molecule has 0 saturated carbocycles. The normalized spacial score (nSPS) is 12.3. The number of hydrogen-bond donors (Lipinski definition) is 1. The van der Waals surface area contributed by atoms with Gasteiger partial charge in [0.25, 0.3) is 0 Å². The van der Waals surface area contributed by atoms with Crippen molar-refractivity contribution in [2.75, 3.05) is 7.11 Å². The number of aliphatic hydroxyl groups excluding tert-OH is 1. The zero-order valence-electron chi connectivity index (χ0n) is 12.2. The second-order valence-corrected chi connectivity index (χ2v) is 5.13. The third-order valence-corrected chi connectivity index (χ3v) is 3.43. The molecule has 20 heavy (non-hydrogen) atoms. The molecule has 2 aromatic carbocycles. The van der Waals surface area contributed by atoms with Crippen molar-refractivity contribution in [1.29, 1.82) is 0 Å². The summed E-state index contributed by atoms with van der Waals surface area (Å²) in [7, 11) is 1.54. The van der Waals surface area contributed by atoms with Gasteiger partial charge in [0, 0.05) is 11.1 Å². The van der Waals surface area contributed by atoms with E-state index < -0.39 is 11.9 Å². The van der Waals surface area contributed by atoms with E-state index in [1.54, 1.807) is 20.1 Å². The molecule has 0 aliphatic rings. The minimum atomic E-state index is -1.04. The van der Waals surface area contributed by atoms with Crippen LogP contribution in [0.4, 0.5) is 4.39 Å². The van der Waals surface area contributed by atoms with Crippen LogP contribution in [0.5, 0.6) is 5.75 Å². The third kappa shape index (κ3) is 2.68. The van der Waals surface area contributed by atoms with Gasteiger partial charge in [-0.15, -0.1) is 0 Å². The van der Waals surface area contributed by atoms with Crippen LogP contribution in [0.25, 0.3) is 0 Å². The third-order valence-electron chi connectivity index (χ3n) is 3.43. The van der Waals surface area contributed by atoms with Crippen LogP contribution >= 0.6 is 0 Å². The van der Waals surface area contributed by atoms with Crippen molar-refractivity contribution in [3.05, 3.63) is 64.0 Å². The Bertz CT molecular complexity index is 612. The molecule has 0 amide bonds. The Morgan fingerprint density at radius 1 is 1.05 bits per heavy atom. The van der Waals surface area contributed by atoms with Gasteiger partial charge in [-0.1, -0.05) is 17.7 Å². The van der Waals surface area contributed by atoms with Crippen LogP contribution < -0.4 is 4.74 Å². The maximum Gasteiger partial charge on any atom is 0.129 e. The second-order valence-electron chi connectivity index (χ2n) is 5.13. The maximum absolute atomic E-state index is 14.2. The molecule has 0 aliphatic heterocycles. The number of aryl methyl sites for hydroxylation is 3. The Morgan fingerprint density at radius 2 is 1.75 bits per heavy atom. The molecule has 1 atom stereocenters. The highest BCUT2D eigenvalue weighted by atomic mass is 19.1. The Balaban J connectivity index is 2.57. The summed E-state index contributed by atoms with van der Waals surface area (Å²) >= 11 is 0. The van der Waals surface area contributed by atoms with Crippen molar-refractivity contribution in [3.63, 3.8) is 0 Å². The quantitative estimate of drug-likeness (QED) is 0.921. The molecule has 106 valence electrons. The van der Waals surface area contributed by atoms with Crippen LogP contribution in [0.1, 0.15) is 33.9 Å². The molecular formula is C17H19FO2. The van der Waals surface area contributed by atoms with E-state index in [0.717, 1.165) is 16.7 Å². The molecule has 2 nitrogen and oxygen atoms in total. The highest BCUT2D eigenvalue weighted by Crippen LogP contribution is 2.34. The molecule has 2 aromatic rings. The van der Waals surface area contributed by atoms with E-state index in [2.05, 4.69) is 0 Å². The lowest BCUT2D eigenvalue weighted by molar-refractivity contribution is 0.208. The summed E-state index contributed by atoms with van der Waals surface area (Å²) in [4.78, 5) is 0. The Labute approximate surface area is 118 Å². The van der Waals surface area contributed by atoms with E-state index in [9.17, 15) is 9.50 Å². The minimum absolute atomic E-state index is 0.305. The summed E-state index contributed by atoms with van der Waals surface area (Å²) in [5, 5.41) is 10.6. The van der Waals surface area contributed by atoms with Crippen molar-refractivity contribution in [3.8, 4) is 5.75 Å². The molecule has 0 aliphatic carbocycles. The number of hydrogen-bond acceptors (Lipinski definition) is 2. The average molecular weight is 274 g/mol. The highest BCUT2D eigenvalue weighted by molar-refractivity contribution is 5.45. The number of aliphatic hydroxyl groups is 1. The van der Waals surface area contributed by atoms with Crippen molar-refractivity contribution >= 4 is 0 Å². The molecular weight excluding hydrogens is 255 g/mol. The lowest BCUT2D eigenvalue weighted by Crippen LogP contribution is -2.07. The van der Waals surface area contributed by atoms with Gasteiger partial charge in [0.15, 0.2) is 0 Å². The van der Waals surface area contributed by atoms with E-state index in [0.29, 0.717) is 16.9 Å². The van der Waals surface area contributed by atoms with Crippen molar-refractivity contribution in [1.82, 2.24) is 0 Å². The first-order chi connectivity index (χ1) is 9.43. The highest BCUT2D eigenvalue weighted by Gasteiger charge is 2.21. The van der Waals surface area contributed by atoms with Crippen molar-refractivity contribution < 1.29 is 14.2 Å². The number of benzene rings is 2. The summed E-state index contributed by atoms with van der Waals surface area (Å²) in [6.45, 7) is 5.56. The van der Waals surface area contributed by atoms with Gasteiger partial charge in [0.05, 0.1) is 7.11 Å². The van der Waals surface area contributed by atoms with Gasteiger partial charge in [-0.05, 0) is 50.1 Å². The fraction of sp³-hybridized carbons (Fsp3) is 0.294. The summed E-state index contributed by atoms with van der Waals surface area (Å²) in [5.74, 6) is 0.168. The average Bonchev–Trinajstić information content (AvgIpc) is 2.37. The lowest BCUT2D eigenvalue weighted by atomic mass is 9.94. The molecule has 0 fully saturated rings. The molecule has 0 radical (unpaired) electrons. The van der Waals surface area contributed by atoms with Gasteiger partial charge in [-0.3, -0.25) is 0 Å². The fourth-order valence-corrected chi connectivity index (χ4v) is 2.50. The first kappa shape index (κ1) is 14.5. The Kier molecular flexibility index (Phi) is 4.09. The minimum Gasteiger partial charge on any atom is -0.496 e. The first-order valence-corrected chi connectivity index (χ1v) is 6.53. The topological polar surface area (TPSA) is 29.5 Å². The van der Waals surface area contributed by atoms with Gasteiger partial charge < -0.3 is 9.84 Å². The summed E-state index contributed by atoms with van der Waals surface area (Å²) < 4.78 is 19.4. The summed E-state index contributed by atoms with van der Waals surface area (Å²) in [6, 6.07) is 8.81. The van der Waals surface area contributed by atoms with E-state index >= 15 is 0 Å². The van der Waals surface area contributed by atoms with Crippen LogP contribution in [-0.2, 0) is 0 Å². The molecule has 0 spiro atoms. The standard InChI is InChI=1S/C17H19FO2/c1-10-5-6-15(20-4)13(8-10)17(19)16-12(3)7-11(2)9-14(16)18/h5-9,17,19H,1-4H3. The zero-order valence-corrected chi connectivity index (χ0v) is 12.2. The number of methoxy groups -OCH3 is 1. The van der Waals surface area contributed by atoms with Gasteiger partial charge in [0.1, 0.15) is 17.7 Å². The molecule has 2 rings (SSSR count). The van der Waals surface area contributed by atoms with E-state index in [1.165, 1.54) is 6.07 Å². The van der Waals surface area contributed by atoms with Crippen molar-refractivity contribution in [2.45, 2.75) is 26.9 Å². The summed E-state index contributed by atoms with van der Waals surface area (Å²) in [5.41, 5.74) is 3.45. The maximum atomic E-state index is 14.2. The van der Waals surface area contributed by atoms with Crippen molar-refractivity contribution in [2.24, 2.45) is 0 Å². The smallest absolute Gasteiger partial charge is 0.129 e. The number of halogens is 1. The van der Waals surface area contributed by atoms with Crippen LogP contribution in [0.3, 0.4) is 0 Å². The van der Waals surface area contributed by atoms with E-state index in [-0.39, 0.29) is 0 Å². The summed E-state index contributed by atoms with van der Waals surface area (Å²) in [6.07, 6.45) is -1.04. The van der Waals surface area contributed by atoms with Crippen LogP contribution in [0, 0.1) is 26.6 Å². The largest absolute Gasteiger partial charge is 0.496 e. The number of ether oxygens (including phenoxy) is 1. The monoisotopic (exact) mass is 274 g/mol. The predicted octanol–water partition coefficient (Wildman–Crippen LogP) is 3.84. The zero-order chi connectivity index (χ0) is 14.9. The predicted molar refractivity (Wildman–Crippen MR) is 77.7 cm³/mol. The van der Waals surface area contributed by atoms with Crippen LogP contribution in [0.2, 0.25) is 0 Å². The molecule has 0 aromatic heterocycles. The molecule has 0 saturated heterocycles. The van der Waals surface area contributed by atoms with Crippen LogP contribution in [-0.4, -0.2) is 12.2 Å². The molecule has 1 unspecified atom stereocenters. The molecule has 0 bridgehead atoms. The van der Waals surface area contributed by atoms with Gasteiger partial charge in [0.2, 0.25) is 0 Å².